The van der Waals surface area contributed by atoms with Gasteiger partial charge in [-0.1, -0.05) is 75.3 Å². The second-order valence-electron chi connectivity index (χ2n) is 15.9. The van der Waals surface area contributed by atoms with Crippen LogP contribution < -0.4 is 11.5 Å². The van der Waals surface area contributed by atoms with Gasteiger partial charge < -0.3 is 30.4 Å². The molecule has 286 valence electrons. The molecule has 6 rings (SSSR count). The molecule has 0 saturated heterocycles. The van der Waals surface area contributed by atoms with Gasteiger partial charge in [0.05, 0.1) is 32.0 Å². The molecule has 2 aromatic rings. The van der Waals surface area contributed by atoms with Gasteiger partial charge in [0.25, 0.3) is 0 Å². The number of nitrogens with zero attached hydrogens (tertiary/aromatic N) is 1. The molecule has 0 aliphatic heterocycles. The van der Waals surface area contributed by atoms with E-state index >= 15 is 0 Å². The molecule has 2 spiro atoms. The highest BCUT2D eigenvalue weighted by atomic mass is 79.9. The van der Waals surface area contributed by atoms with Crippen molar-refractivity contribution in [2.24, 2.45) is 46.0 Å². The van der Waals surface area contributed by atoms with Crippen LogP contribution in [-0.4, -0.2) is 51.6 Å². The maximum Gasteiger partial charge on any atom is 0.331 e. The average Bonchev–Trinajstić information content (AvgIpc) is 3.45. The molecular formula is C42H60BrN3O6. The molecule has 2 saturated carbocycles. The Balaban J connectivity index is 0.000000228. The lowest BCUT2D eigenvalue weighted by Crippen LogP contribution is -2.60. The molecule has 2 fully saturated rings. The van der Waals surface area contributed by atoms with Gasteiger partial charge in [0, 0.05) is 29.5 Å². The number of ether oxygens (including phenoxy) is 4. The molecule has 10 heteroatoms. The molecule has 10 atom stereocenters. The fourth-order valence-corrected chi connectivity index (χ4v) is 11.4. The van der Waals surface area contributed by atoms with Crippen LogP contribution in [0, 0.1) is 41.1 Å². The molecule has 0 amide bonds. The summed E-state index contributed by atoms with van der Waals surface area (Å²) in [5.74, 6) is 0.567. The minimum Gasteiger partial charge on any atom is -0.464 e. The predicted molar refractivity (Wildman–Crippen MR) is 208 cm³/mol. The molecule has 2 aromatic carbocycles. The minimum atomic E-state index is -1.22. The van der Waals surface area contributed by atoms with E-state index in [0.717, 1.165) is 65.3 Å². The lowest BCUT2D eigenvalue weighted by atomic mass is 9.56. The first kappa shape index (κ1) is 41.9. The molecule has 0 bridgehead atoms. The Kier molecular flexibility index (Phi) is 12.8. The molecule has 4 N–H and O–H groups in total. The number of nitrogens with two attached hydrogens (primary N) is 2. The topological polar surface area (TPSA) is 127 Å². The van der Waals surface area contributed by atoms with Crippen molar-refractivity contribution in [1.29, 1.82) is 0 Å². The first-order valence-corrected chi connectivity index (χ1v) is 19.2. The first-order chi connectivity index (χ1) is 24.1. The van der Waals surface area contributed by atoms with E-state index < -0.39 is 16.5 Å². The summed E-state index contributed by atoms with van der Waals surface area (Å²) in [5.41, 5.74) is 15.2. The van der Waals surface area contributed by atoms with Crippen molar-refractivity contribution in [2.45, 2.75) is 111 Å². The summed E-state index contributed by atoms with van der Waals surface area (Å²) in [5, 5.41) is 0. The summed E-state index contributed by atoms with van der Waals surface area (Å²) in [6.07, 6.45) is 5.23. The Morgan fingerprint density at radius 2 is 1.13 bits per heavy atom. The van der Waals surface area contributed by atoms with Crippen LogP contribution in [0.4, 0.5) is 5.69 Å². The Bertz CT molecular complexity index is 1650. The van der Waals surface area contributed by atoms with E-state index in [2.05, 4.69) is 54.5 Å². The third-order valence-corrected chi connectivity index (χ3v) is 13.2. The van der Waals surface area contributed by atoms with Gasteiger partial charge in [0.1, 0.15) is 11.1 Å². The number of rotatable bonds is 6. The number of benzene rings is 2. The molecule has 4 aliphatic rings. The highest BCUT2D eigenvalue weighted by Gasteiger charge is 2.65. The Labute approximate surface area is 319 Å². The highest BCUT2D eigenvalue weighted by Crippen LogP contribution is 2.61. The van der Waals surface area contributed by atoms with Gasteiger partial charge in [-0.2, -0.15) is 0 Å². The lowest BCUT2D eigenvalue weighted by Gasteiger charge is -2.51. The van der Waals surface area contributed by atoms with Crippen LogP contribution in [0.3, 0.4) is 0 Å². The molecule has 0 aromatic heterocycles. The maximum atomic E-state index is 13.1. The van der Waals surface area contributed by atoms with Gasteiger partial charge in [-0.15, -0.1) is 0 Å². The smallest absolute Gasteiger partial charge is 0.331 e. The van der Waals surface area contributed by atoms with Gasteiger partial charge in [-0.3, -0.25) is 0 Å². The Morgan fingerprint density at radius 3 is 1.50 bits per heavy atom. The van der Waals surface area contributed by atoms with Gasteiger partial charge in [0.15, 0.2) is 5.69 Å². The van der Waals surface area contributed by atoms with Crippen LogP contribution in [0.15, 0.2) is 40.9 Å². The first-order valence-electron chi connectivity index (χ1n) is 18.4. The van der Waals surface area contributed by atoms with Crippen LogP contribution in [0.1, 0.15) is 96.9 Å². The average molecular weight is 783 g/mol. The van der Waals surface area contributed by atoms with Gasteiger partial charge in [-0.05, 0) is 110 Å². The van der Waals surface area contributed by atoms with Crippen molar-refractivity contribution in [3.05, 3.63) is 74.5 Å². The zero-order chi connectivity index (χ0) is 37.5. The van der Waals surface area contributed by atoms with Gasteiger partial charge >= 0.3 is 11.9 Å². The summed E-state index contributed by atoms with van der Waals surface area (Å²) in [6, 6.07) is 11.7. The summed E-state index contributed by atoms with van der Waals surface area (Å²) in [6.45, 7) is 20.3. The van der Waals surface area contributed by atoms with Crippen molar-refractivity contribution in [2.75, 3.05) is 27.4 Å². The standard InChI is InChI=1S/C21H28N2O3.C20H28BrNO3.CH4/c1-6-26-19(24)21(22)17-9-16(23-4)8-7-15(17)12-20(21)10-13(2)18(25-5)14(3)11-20;1-5-25-18(23)20(22)16-8-15(21)7-6-14(16)11-19(20)9-12(2)17(24-4)13(3)10-19;/h7-9,13-14,18H,6,10-12,22H2,1-3,5H3;6-8,12-13,17H,5,9-11,22H2,1-4H3;1H4/t13-,14+,18?,20?,21-;12-,13+,17?,19?,20-;/m11./s1. The number of carbonyl (C=O) groups is 2. The minimum absolute atomic E-state index is 0. The number of carbonyl (C=O) groups excluding carboxylic acids is 2. The van der Waals surface area contributed by atoms with Crippen LogP contribution in [0.5, 0.6) is 0 Å². The van der Waals surface area contributed by atoms with E-state index in [1.54, 1.807) is 27.2 Å². The predicted octanol–water partition coefficient (Wildman–Crippen LogP) is 8.00. The zero-order valence-electron chi connectivity index (χ0n) is 31.5. The van der Waals surface area contributed by atoms with Crippen molar-refractivity contribution in [1.82, 2.24) is 0 Å². The van der Waals surface area contributed by atoms with E-state index in [1.165, 1.54) is 0 Å². The normalized spacial score (nSPS) is 35.7. The summed E-state index contributed by atoms with van der Waals surface area (Å²) >= 11 is 3.53. The van der Waals surface area contributed by atoms with E-state index in [0.29, 0.717) is 24.1 Å². The van der Waals surface area contributed by atoms with Crippen LogP contribution in [-0.2, 0) is 52.5 Å². The molecule has 9 nitrogen and oxygen atoms in total. The fraction of sp³-hybridized carbons (Fsp3) is 0.643. The van der Waals surface area contributed by atoms with Crippen LogP contribution in [0.25, 0.3) is 4.85 Å². The maximum absolute atomic E-state index is 13.1. The highest BCUT2D eigenvalue weighted by molar-refractivity contribution is 9.10. The third kappa shape index (κ3) is 6.63. The quantitative estimate of drug-likeness (QED) is 0.223. The SMILES string of the molecule is C.CCOC(=O)[C@]1(N)c2cc(Br)ccc2CC12C[C@@H](C)C(OC)[C@@H](C)C2.[C-]#[N+]c1ccc2c(c1)[C@@](N)(C(=O)OCC)C1(C2)C[C@@H](C)C(OC)[C@@H](C)C1. The van der Waals surface area contributed by atoms with E-state index in [9.17, 15) is 9.59 Å². The number of hydrogen-bond acceptors (Lipinski definition) is 8. The molecular weight excluding hydrogens is 722 g/mol. The monoisotopic (exact) mass is 781 g/mol. The molecule has 52 heavy (non-hydrogen) atoms. The van der Waals surface area contributed by atoms with Crippen molar-refractivity contribution < 1.29 is 28.5 Å². The number of hydrogen-bond donors (Lipinski definition) is 2. The number of halogens is 1. The van der Waals surface area contributed by atoms with Gasteiger partial charge in [0.2, 0.25) is 0 Å². The van der Waals surface area contributed by atoms with Gasteiger partial charge in [-0.25, -0.2) is 14.4 Å². The number of esters is 2. The summed E-state index contributed by atoms with van der Waals surface area (Å²) in [7, 11) is 3.53. The Hall–Kier alpha value is -2.81. The molecule has 4 unspecified atom stereocenters. The Morgan fingerprint density at radius 1 is 0.750 bits per heavy atom. The van der Waals surface area contributed by atoms with Crippen molar-refractivity contribution >= 4 is 33.6 Å². The fourth-order valence-electron chi connectivity index (χ4n) is 11.0. The molecule has 0 heterocycles. The van der Waals surface area contributed by atoms with E-state index in [1.807, 2.05) is 31.2 Å². The van der Waals surface area contributed by atoms with Crippen LogP contribution in [0.2, 0.25) is 0 Å². The second kappa shape index (κ2) is 15.9. The molecule has 4 aliphatic carbocycles. The zero-order valence-corrected chi connectivity index (χ0v) is 33.1. The molecule has 0 radical (unpaired) electrons. The van der Waals surface area contributed by atoms with Crippen molar-refractivity contribution in [3.8, 4) is 0 Å². The van der Waals surface area contributed by atoms with Crippen LogP contribution >= 0.6 is 15.9 Å². The summed E-state index contributed by atoms with van der Waals surface area (Å²) in [4.78, 5) is 29.7. The van der Waals surface area contributed by atoms with Crippen molar-refractivity contribution in [3.63, 3.8) is 0 Å². The second-order valence-corrected chi connectivity index (χ2v) is 16.8. The van der Waals surface area contributed by atoms with E-state index in [4.69, 9.17) is 37.0 Å². The summed E-state index contributed by atoms with van der Waals surface area (Å²) < 4.78 is 23.3. The number of fused-ring (bicyclic) bond motifs is 2. The third-order valence-electron chi connectivity index (χ3n) is 12.7. The largest absolute Gasteiger partial charge is 0.464 e. The number of methoxy groups -OCH3 is 2. The lowest BCUT2D eigenvalue weighted by molar-refractivity contribution is -0.162. The van der Waals surface area contributed by atoms with E-state index in [-0.39, 0.29) is 55.4 Å².